The van der Waals surface area contributed by atoms with E-state index in [0.717, 1.165) is 48.4 Å². The fraction of sp³-hybridized carbons (Fsp3) is 0.368. The summed E-state index contributed by atoms with van der Waals surface area (Å²) in [5.41, 5.74) is 1.86. The van der Waals surface area contributed by atoms with E-state index in [1.807, 2.05) is 31.2 Å². The quantitative estimate of drug-likeness (QED) is 0.638. The zero-order valence-electron chi connectivity index (χ0n) is 14.0. The molecule has 1 unspecified atom stereocenters. The molecule has 1 fully saturated rings. The Morgan fingerprint density at radius 2 is 1.88 bits per heavy atom. The standard InChI is InChI=1S/C19H20N2O4/c1-13(14-5-4-6-16(11-14)21(22)23)20-15-7-8-17-18(12-15)25-19(24-17)9-2-3-10-19/h4-8,11-13,20H,2-3,9-10H2,1H3. The first-order valence-electron chi connectivity index (χ1n) is 8.58. The Labute approximate surface area is 145 Å². The lowest BCUT2D eigenvalue weighted by Gasteiger charge is -2.21. The van der Waals surface area contributed by atoms with E-state index in [2.05, 4.69) is 5.32 Å². The maximum absolute atomic E-state index is 10.9. The van der Waals surface area contributed by atoms with Gasteiger partial charge in [-0.15, -0.1) is 0 Å². The molecule has 25 heavy (non-hydrogen) atoms. The third-order valence-electron chi connectivity index (χ3n) is 4.87. The van der Waals surface area contributed by atoms with Crippen LogP contribution >= 0.6 is 0 Å². The van der Waals surface area contributed by atoms with Crippen LogP contribution in [0, 0.1) is 10.1 Å². The summed E-state index contributed by atoms with van der Waals surface area (Å²) in [6.07, 6.45) is 4.11. The Morgan fingerprint density at radius 3 is 2.64 bits per heavy atom. The number of non-ortho nitro benzene ring substituents is 1. The number of nitro benzene ring substituents is 1. The van der Waals surface area contributed by atoms with E-state index in [0.29, 0.717) is 0 Å². The fourth-order valence-corrected chi connectivity index (χ4v) is 3.54. The van der Waals surface area contributed by atoms with Crippen molar-refractivity contribution < 1.29 is 14.4 Å². The summed E-state index contributed by atoms with van der Waals surface area (Å²) in [6.45, 7) is 1.97. The second kappa shape index (κ2) is 5.95. The lowest BCUT2D eigenvalue weighted by molar-refractivity contribution is -0.384. The van der Waals surface area contributed by atoms with Crippen LogP contribution < -0.4 is 14.8 Å². The van der Waals surface area contributed by atoms with Gasteiger partial charge in [0.05, 0.1) is 4.92 Å². The first-order valence-corrected chi connectivity index (χ1v) is 8.58. The van der Waals surface area contributed by atoms with Gasteiger partial charge in [0.15, 0.2) is 11.5 Å². The highest BCUT2D eigenvalue weighted by atomic mass is 16.7. The van der Waals surface area contributed by atoms with Crippen LogP contribution in [0.5, 0.6) is 11.5 Å². The van der Waals surface area contributed by atoms with Crippen molar-refractivity contribution in [2.24, 2.45) is 0 Å². The Balaban J connectivity index is 1.51. The van der Waals surface area contributed by atoms with E-state index in [9.17, 15) is 10.1 Å². The number of nitro groups is 1. The monoisotopic (exact) mass is 340 g/mol. The number of nitrogens with zero attached hydrogens (tertiary/aromatic N) is 1. The van der Waals surface area contributed by atoms with Crippen molar-refractivity contribution in [2.45, 2.75) is 44.4 Å². The highest BCUT2D eigenvalue weighted by Crippen LogP contribution is 2.47. The van der Waals surface area contributed by atoms with Gasteiger partial charge in [-0.2, -0.15) is 0 Å². The average Bonchev–Trinajstić information content (AvgIpc) is 3.20. The smallest absolute Gasteiger partial charge is 0.269 e. The molecule has 1 spiro atoms. The van der Waals surface area contributed by atoms with Crippen molar-refractivity contribution in [1.82, 2.24) is 0 Å². The molecule has 1 heterocycles. The predicted molar refractivity (Wildman–Crippen MR) is 94.0 cm³/mol. The molecule has 4 rings (SSSR count). The van der Waals surface area contributed by atoms with Crippen molar-refractivity contribution in [1.29, 1.82) is 0 Å². The molecule has 1 N–H and O–H groups in total. The average molecular weight is 340 g/mol. The molecular weight excluding hydrogens is 320 g/mol. The van der Waals surface area contributed by atoms with Crippen LogP contribution in [0.3, 0.4) is 0 Å². The molecule has 6 nitrogen and oxygen atoms in total. The second-order valence-corrected chi connectivity index (χ2v) is 6.70. The van der Waals surface area contributed by atoms with Gasteiger partial charge in [-0.05, 0) is 37.5 Å². The summed E-state index contributed by atoms with van der Waals surface area (Å²) >= 11 is 0. The van der Waals surface area contributed by atoms with Crippen LogP contribution in [0.4, 0.5) is 11.4 Å². The van der Waals surface area contributed by atoms with Crippen LogP contribution in [-0.2, 0) is 0 Å². The van der Waals surface area contributed by atoms with Gasteiger partial charge in [-0.1, -0.05) is 12.1 Å². The summed E-state index contributed by atoms with van der Waals surface area (Å²) in [7, 11) is 0. The summed E-state index contributed by atoms with van der Waals surface area (Å²) in [5.74, 6) is 1.08. The van der Waals surface area contributed by atoms with Crippen molar-refractivity contribution >= 4 is 11.4 Å². The molecule has 0 aromatic heterocycles. The zero-order chi connectivity index (χ0) is 17.4. The molecule has 0 radical (unpaired) electrons. The van der Waals surface area contributed by atoms with Crippen molar-refractivity contribution in [3.63, 3.8) is 0 Å². The van der Waals surface area contributed by atoms with Crippen LogP contribution in [-0.4, -0.2) is 10.7 Å². The molecule has 0 saturated heterocycles. The minimum Gasteiger partial charge on any atom is -0.448 e. The SMILES string of the molecule is CC(Nc1ccc2c(c1)OC1(CCCC1)O2)c1cccc([N+](=O)[O-])c1. The number of anilines is 1. The molecular formula is C19H20N2O4. The van der Waals surface area contributed by atoms with E-state index in [1.54, 1.807) is 12.1 Å². The van der Waals surface area contributed by atoms with Gasteiger partial charge in [-0.3, -0.25) is 10.1 Å². The summed E-state index contributed by atoms with van der Waals surface area (Å²) < 4.78 is 12.1. The normalized spacial score (nSPS) is 18.3. The van der Waals surface area contributed by atoms with Gasteiger partial charge in [0, 0.05) is 42.8 Å². The lowest BCUT2D eigenvalue weighted by Crippen LogP contribution is -2.34. The number of hydrogen-bond donors (Lipinski definition) is 1. The molecule has 1 saturated carbocycles. The third kappa shape index (κ3) is 2.99. The molecule has 2 aromatic rings. The number of rotatable bonds is 4. The molecule has 1 aliphatic heterocycles. The van der Waals surface area contributed by atoms with Gasteiger partial charge in [0.25, 0.3) is 11.5 Å². The Bertz CT molecular complexity index is 815. The molecule has 6 heteroatoms. The van der Waals surface area contributed by atoms with Crippen LogP contribution in [0.1, 0.15) is 44.2 Å². The maximum atomic E-state index is 10.9. The predicted octanol–water partition coefficient (Wildman–Crippen LogP) is 4.81. The topological polar surface area (TPSA) is 73.6 Å². The zero-order valence-corrected chi connectivity index (χ0v) is 14.0. The van der Waals surface area contributed by atoms with Gasteiger partial charge in [-0.25, -0.2) is 0 Å². The Morgan fingerprint density at radius 1 is 1.12 bits per heavy atom. The maximum Gasteiger partial charge on any atom is 0.269 e. The second-order valence-electron chi connectivity index (χ2n) is 6.70. The molecule has 130 valence electrons. The molecule has 1 atom stereocenters. The van der Waals surface area contributed by atoms with E-state index < -0.39 is 5.79 Å². The number of nitrogens with one attached hydrogen (secondary N) is 1. The lowest BCUT2D eigenvalue weighted by atomic mass is 10.1. The van der Waals surface area contributed by atoms with E-state index in [-0.39, 0.29) is 16.7 Å². The first kappa shape index (κ1) is 15.7. The van der Waals surface area contributed by atoms with Gasteiger partial charge in [0.1, 0.15) is 0 Å². The summed E-state index contributed by atoms with van der Waals surface area (Å²) in [4.78, 5) is 10.6. The fourth-order valence-electron chi connectivity index (χ4n) is 3.54. The highest BCUT2D eigenvalue weighted by Gasteiger charge is 2.44. The Kier molecular flexibility index (Phi) is 3.75. The Hall–Kier alpha value is -2.76. The molecule has 0 bridgehead atoms. The minimum absolute atomic E-state index is 0.0688. The van der Waals surface area contributed by atoms with Crippen LogP contribution in [0.15, 0.2) is 42.5 Å². The molecule has 2 aromatic carbocycles. The van der Waals surface area contributed by atoms with E-state index >= 15 is 0 Å². The number of fused-ring (bicyclic) bond motifs is 1. The van der Waals surface area contributed by atoms with Gasteiger partial charge < -0.3 is 14.8 Å². The van der Waals surface area contributed by atoms with Crippen LogP contribution in [0.2, 0.25) is 0 Å². The third-order valence-corrected chi connectivity index (χ3v) is 4.87. The highest BCUT2D eigenvalue weighted by molar-refractivity contribution is 5.57. The van der Waals surface area contributed by atoms with Crippen molar-refractivity contribution in [3.05, 3.63) is 58.1 Å². The number of ether oxygens (including phenoxy) is 2. The molecule has 2 aliphatic rings. The van der Waals surface area contributed by atoms with Crippen molar-refractivity contribution in [3.8, 4) is 11.5 Å². The minimum atomic E-state index is -0.466. The van der Waals surface area contributed by atoms with E-state index in [4.69, 9.17) is 9.47 Å². The summed E-state index contributed by atoms with van der Waals surface area (Å²) in [6, 6.07) is 12.4. The van der Waals surface area contributed by atoms with Crippen molar-refractivity contribution in [2.75, 3.05) is 5.32 Å². The van der Waals surface area contributed by atoms with Gasteiger partial charge >= 0.3 is 0 Å². The van der Waals surface area contributed by atoms with Crippen LogP contribution in [0.25, 0.3) is 0 Å². The largest absolute Gasteiger partial charge is 0.448 e. The molecule has 1 aliphatic carbocycles. The van der Waals surface area contributed by atoms with E-state index in [1.165, 1.54) is 6.07 Å². The number of hydrogen-bond acceptors (Lipinski definition) is 5. The number of benzene rings is 2. The summed E-state index contributed by atoms with van der Waals surface area (Å²) in [5, 5.41) is 14.3. The van der Waals surface area contributed by atoms with Gasteiger partial charge in [0.2, 0.25) is 0 Å². The molecule has 0 amide bonds. The first-order chi connectivity index (χ1) is 12.0.